The van der Waals surface area contributed by atoms with Crippen LogP contribution < -0.4 is 5.32 Å². The Labute approximate surface area is 232 Å². The number of hydrogen-bond acceptors (Lipinski definition) is 5. The number of nitriles is 1. The Kier molecular flexibility index (Phi) is 8.14. The zero-order valence-electron chi connectivity index (χ0n) is 22.1. The highest BCUT2D eigenvalue weighted by atomic mass is 32.2. The van der Waals surface area contributed by atoms with Crippen molar-refractivity contribution in [3.63, 3.8) is 0 Å². The molecule has 0 aromatic heterocycles. The van der Waals surface area contributed by atoms with Crippen LogP contribution in [-0.2, 0) is 26.0 Å². The predicted molar refractivity (Wildman–Crippen MR) is 138 cm³/mol. The van der Waals surface area contributed by atoms with Gasteiger partial charge in [-0.3, -0.25) is 9.59 Å². The van der Waals surface area contributed by atoms with Gasteiger partial charge < -0.3 is 10.2 Å². The molecule has 1 aromatic carbocycles. The summed E-state index contributed by atoms with van der Waals surface area (Å²) in [6.45, 7) is 1.26. The van der Waals surface area contributed by atoms with Gasteiger partial charge in [-0.05, 0) is 62.1 Å². The Bertz CT molecular complexity index is 1260. The number of amides is 2. The topological polar surface area (TPSA) is 114 Å². The van der Waals surface area contributed by atoms with Gasteiger partial charge in [-0.1, -0.05) is 12.1 Å². The average Bonchev–Trinajstić information content (AvgIpc) is 3.64. The Morgan fingerprint density at radius 2 is 1.68 bits per heavy atom. The van der Waals surface area contributed by atoms with Crippen LogP contribution in [0.15, 0.2) is 24.3 Å². The number of halogens is 3. The normalized spacial score (nSPS) is 25.7. The molecule has 3 atom stereocenters. The van der Waals surface area contributed by atoms with Crippen molar-refractivity contribution in [3.05, 3.63) is 35.4 Å². The monoisotopic (exact) mass is 581 g/mol. The van der Waals surface area contributed by atoms with Crippen LogP contribution in [0.25, 0.3) is 0 Å². The van der Waals surface area contributed by atoms with E-state index in [1.165, 1.54) is 20.7 Å². The second-order valence-electron chi connectivity index (χ2n) is 11.4. The summed E-state index contributed by atoms with van der Waals surface area (Å²) in [5, 5.41) is 12.0. The number of carbonyl (C=O) groups excluding carboxylic acids is 2. The van der Waals surface area contributed by atoms with Crippen molar-refractivity contribution in [1.29, 1.82) is 5.26 Å². The molecule has 2 amide bonds. The molecule has 13 heteroatoms. The fraction of sp³-hybridized carbons (Fsp3) is 0.667. The van der Waals surface area contributed by atoms with Crippen LogP contribution >= 0.6 is 0 Å². The zero-order chi connectivity index (χ0) is 28.7. The second-order valence-corrected chi connectivity index (χ2v) is 13.3. The molecular weight excluding hydrogens is 547 g/mol. The lowest BCUT2D eigenvalue weighted by atomic mass is 9.97. The molecule has 0 unspecified atom stereocenters. The molecule has 3 saturated heterocycles. The SMILES string of the molecule is N#CC1CN(S(=O)(=O)N2CCC[C@H](C(=O)N3CCC[C@@H]3CC(=O)N[C@@H](c3ccc(C(F)(F)F)cc3)C3CC3)C2)C1. The lowest BCUT2D eigenvalue weighted by Gasteiger charge is -2.41. The van der Waals surface area contributed by atoms with Crippen molar-refractivity contribution in [3.8, 4) is 6.07 Å². The van der Waals surface area contributed by atoms with Gasteiger partial charge in [0.05, 0.1) is 29.5 Å². The standard InChI is InChI=1S/C27H34F3N5O4S/c28-27(29,30)22-9-7-20(8-10-22)25(19-5-6-19)32-24(36)13-23-4-2-12-35(23)26(37)21-3-1-11-33(17-21)40(38,39)34-15-18(14-31)16-34/h7-10,18-19,21,23,25H,1-6,11-13,15-17H2,(H,32,36)/t21-,23+,25+/m0/s1. The largest absolute Gasteiger partial charge is 0.416 e. The highest BCUT2D eigenvalue weighted by Crippen LogP contribution is 2.42. The first-order chi connectivity index (χ1) is 19.0. The van der Waals surface area contributed by atoms with E-state index >= 15 is 0 Å². The number of hydrogen-bond donors (Lipinski definition) is 1. The molecule has 1 N–H and O–H groups in total. The number of rotatable bonds is 8. The molecule has 40 heavy (non-hydrogen) atoms. The third kappa shape index (κ3) is 6.14. The smallest absolute Gasteiger partial charge is 0.349 e. The van der Waals surface area contributed by atoms with E-state index in [4.69, 9.17) is 5.26 Å². The van der Waals surface area contributed by atoms with Crippen LogP contribution in [0, 0.1) is 29.1 Å². The first-order valence-electron chi connectivity index (χ1n) is 13.9. The lowest BCUT2D eigenvalue weighted by Crippen LogP contribution is -2.57. The second kappa shape index (κ2) is 11.3. The van der Waals surface area contributed by atoms with Gasteiger partial charge in [-0.25, -0.2) is 0 Å². The molecule has 0 bridgehead atoms. The highest BCUT2D eigenvalue weighted by Gasteiger charge is 2.44. The summed E-state index contributed by atoms with van der Waals surface area (Å²) in [5.74, 6) is -1.01. The number of alkyl halides is 3. The minimum atomic E-state index is -4.43. The number of nitrogens with one attached hydrogen (secondary N) is 1. The summed E-state index contributed by atoms with van der Waals surface area (Å²) in [6, 6.07) is 6.29. The van der Waals surface area contributed by atoms with Crippen LogP contribution in [0.5, 0.6) is 0 Å². The maximum Gasteiger partial charge on any atom is 0.416 e. The van der Waals surface area contributed by atoms with Gasteiger partial charge in [0.1, 0.15) is 0 Å². The van der Waals surface area contributed by atoms with E-state index in [-0.39, 0.29) is 61.8 Å². The van der Waals surface area contributed by atoms with Crippen molar-refractivity contribution in [2.75, 3.05) is 32.7 Å². The molecule has 218 valence electrons. The highest BCUT2D eigenvalue weighted by molar-refractivity contribution is 7.86. The minimum Gasteiger partial charge on any atom is -0.349 e. The molecule has 1 aromatic rings. The lowest BCUT2D eigenvalue weighted by molar-refractivity contribution is -0.139. The summed E-state index contributed by atoms with van der Waals surface area (Å²) < 4.78 is 67.5. The molecule has 9 nitrogen and oxygen atoms in total. The van der Waals surface area contributed by atoms with Crippen molar-refractivity contribution in [2.24, 2.45) is 17.8 Å². The van der Waals surface area contributed by atoms with Crippen LogP contribution in [0.2, 0.25) is 0 Å². The number of piperidine rings is 1. The summed E-state index contributed by atoms with van der Waals surface area (Å²) >= 11 is 0. The number of carbonyl (C=O) groups is 2. The molecule has 1 aliphatic carbocycles. The molecule has 3 heterocycles. The number of likely N-dealkylation sites (tertiary alicyclic amines) is 1. The van der Waals surface area contributed by atoms with E-state index in [1.807, 2.05) is 0 Å². The molecule has 0 radical (unpaired) electrons. The Morgan fingerprint density at radius 3 is 2.30 bits per heavy atom. The summed E-state index contributed by atoms with van der Waals surface area (Å²) in [4.78, 5) is 28.3. The summed E-state index contributed by atoms with van der Waals surface area (Å²) in [5.41, 5.74) is -0.0995. The maximum absolute atomic E-state index is 13.5. The van der Waals surface area contributed by atoms with Gasteiger partial charge in [-0.2, -0.15) is 35.5 Å². The average molecular weight is 582 g/mol. The molecule has 4 fully saturated rings. The van der Waals surface area contributed by atoms with Crippen molar-refractivity contribution < 1.29 is 31.2 Å². The third-order valence-corrected chi connectivity index (χ3v) is 10.4. The fourth-order valence-corrected chi connectivity index (χ4v) is 7.82. The quantitative estimate of drug-likeness (QED) is 0.507. The predicted octanol–water partition coefficient (Wildman–Crippen LogP) is 3.07. The van der Waals surface area contributed by atoms with Gasteiger partial charge in [0.15, 0.2) is 0 Å². The number of benzene rings is 1. The summed E-state index contributed by atoms with van der Waals surface area (Å²) in [6.07, 6.45) is -0.0410. The van der Waals surface area contributed by atoms with Crippen LogP contribution in [0.3, 0.4) is 0 Å². The third-order valence-electron chi connectivity index (χ3n) is 8.50. The molecule has 1 saturated carbocycles. The maximum atomic E-state index is 13.5. The van der Waals surface area contributed by atoms with Gasteiger partial charge in [0, 0.05) is 45.2 Å². The van der Waals surface area contributed by atoms with Gasteiger partial charge in [0.2, 0.25) is 11.8 Å². The van der Waals surface area contributed by atoms with Gasteiger partial charge >= 0.3 is 6.18 Å². The van der Waals surface area contributed by atoms with E-state index in [9.17, 15) is 31.2 Å². The molecule has 5 rings (SSSR count). The molecule has 4 aliphatic rings. The van der Waals surface area contributed by atoms with E-state index < -0.39 is 27.9 Å². The van der Waals surface area contributed by atoms with Crippen LogP contribution in [-0.4, -0.2) is 72.5 Å². The van der Waals surface area contributed by atoms with Crippen molar-refractivity contribution in [2.45, 2.75) is 63.2 Å². The van der Waals surface area contributed by atoms with Gasteiger partial charge in [0.25, 0.3) is 10.2 Å². The van der Waals surface area contributed by atoms with E-state index in [2.05, 4.69) is 11.4 Å². The molecular formula is C27H34F3N5O4S. The summed E-state index contributed by atoms with van der Waals surface area (Å²) in [7, 11) is -3.73. The molecule has 0 spiro atoms. The van der Waals surface area contributed by atoms with Crippen LogP contribution in [0.1, 0.15) is 62.1 Å². The number of nitrogens with zero attached hydrogens (tertiary/aromatic N) is 4. The first-order valence-corrected chi connectivity index (χ1v) is 15.3. The van der Waals surface area contributed by atoms with Crippen molar-refractivity contribution in [1.82, 2.24) is 18.8 Å². The Balaban J connectivity index is 1.19. The van der Waals surface area contributed by atoms with Crippen molar-refractivity contribution >= 4 is 22.0 Å². The zero-order valence-corrected chi connectivity index (χ0v) is 23.0. The minimum absolute atomic E-state index is 0.0853. The van der Waals surface area contributed by atoms with Crippen LogP contribution in [0.4, 0.5) is 13.2 Å². The molecule has 3 aliphatic heterocycles. The first kappa shape index (κ1) is 28.8. The van der Waals surface area contributed by atoms with E-state index in [1.54, 1.807) is 4.90 Å². The van der Waals surface area contributed by atoms with E-state index in [0.717, 1.165) is 31.4 Å². The fourth-order valence-electron chi connectivity index (χ4n) is 6.03. The Morgan fingerprint density at radius 1 is 1.00 bits per heavy atom. The Hall–Kier alpha value is -2.69. The van der Waals surface area contributed by atoms with Gasteiger partial charge in [-0.15, -0.1) is 0 Å². The van der Waals surface area contributed by atoms with E-state index in [0.29, 0.717) is 37.9 Å².